The lowest BCUT2D eigenvalue weighted by Gasteiger charge is -2.06. The highest BCUT2D eigenvalue weighted by Gasteiger charge is 2.11. The average Bonchev–Trinajstić information content (AvgIpc) is 2.29. The first kappa shape index (κ1) is 12.8. The molecule has 0 aliphatic rings. The molecule has 0 aromatic carbocycles. The summed E-state index contributed by atoms with van der Waals surface area (Å²) in [7, 11) is 0. The van der Waals surface area contributed by atoms with E-state index >= 15 is 0 Å². The molecule has 0 bridgehead atoms. The van der Waals surface area contributed by atoms with Gasteiger partial charge in [-0.25, -0.2) is 9.97 Å². The monoisotopic (exact) mass is 305 g/mol. The minimum atomic E-state index is 0.227. The van der Waals surface area contributed by atoms with Crippen LogP contribution in [-0.2, 0) is 0 Å². The lowest BCUT2D eigenvalue weighted by Crippen LogP contribution is -1.94. The molecule has 2 heterocycles. The van der Waals surface area contributed by atoms with E-state index in [0.717, 1.165) is 0 Å². The summed E-state index contributed by atoms with van der Waals surface area (Å²) in [5.41, 5.74) is 5.61. The van der Waals surface area contributed by atoms with Gasteiger partial charge in [0.1, 0.15) is 15.9 Å². The third-order valence-corrected chi connectivity index (χ3v) is 3.99. The molecule has 2 aromatic rings. The summed E-state index contributed by atoms with van der Waals surface area (Å²) >= 11 is 19.0. The van der Waals surface area contributed by atoms with E-state index in [1.54, 1.807) is 24.4 Å². The van der Waals surface area contributed by atoms with Crippen molar-refractivity contribution < 1.29 is 0 Å². The largest absolute Gasteiger partial charge is 0.382 e. The number of rotatable bonds is 2. The van der Waals surface area contributed by atoms with E-state index in [0.29, 0.717) is 25.1 Å². The molecule has 0 aliphatic carbocycles. The highest BCUT2D eigenvalue weighted by Crippen LogP contribution is 2.36. The number of hydrogen-bond donors (Lipinski definition) is 1. The average molecular weight is 307 g/mol. The van der Waals surface area contributed by atoms with E-state index in [1.807, 2.05) is 0 Å². The Labute approximate surface area is 117 Å². The molecule has 7 heteroatoms. The van der Waals surface area contributed by atoms with Crippen molar-refractivity contribution in [2.75, 3.05) is 5.73 Å². The Morgan fingerprint density at radius 3 is 2.53 bits per heavy atom. The molecule has 0 fully saturated rings. The molecule has 0 spiro atoms. The van der Waals surface area contributed by atoms with E-state index < -0.39 is 0 Å². The van der Waals surface area contributed by atoms with Crippen LogP contribution in [0.25, 0.3) is 0 Å². The molecule has 0 amide bonds. The van der Waals surface area contributed by atoms with E-state index in [-0.39, 0.29) is 5.82 Å². The second-order valence-corrected chi connectivity index (χ2v) is 5.23. The van der Waals surface area contributed by atoms with Gasteiger partial charge in [0.05, 0.1) is 15.1 Å². The molecular weight excluding hydrogens is 301 g/mol. The normalized spacial score (nSPS) is 10.5. The lowest BCUT2D eigenvalue weighted by molar-refractivity contribution is 1.10. The number of pyridine rings is 2. The highest BCUT2D eigenvalue weighted by atomic mass is 35.5. The Morgan fingerprint density at radius 2 is 1.82 bits per heavy atom. The Hall–Kier alpha value is -0.680. The number of anilines is 1. The third-order valence-electron chi connectivity index (χ3n) is 1.84. The second-order valence-electron chi connectivity index (χ2n) is 3.03. The Bertz CT molecular complexity index is 562. The molecule has 0 unspecified atom stereocenters. The smallest absolute Gasteiger partial charge is 0.143 e. The van der Waals surface area contributed by atoms with Gasteiger partial charge < -0.3 is 5.73 Å². The van der Waals surface area contributed by atoms with Gasteiger partial charge in [0.25, 0.3) is 0 Å². The summed E-state index contributed by atoms with van der Waals surface area (Å²) in [6, 6.07) is 5.03. The summed E-state index contributed by atoms with van der Waals surface area (Å²) in [4.78, 5) is 8.21. The third kappa shape index (κ3) is 2.96. The van der Waals surface area contributed by atoms with Gasteiger partial charge >= 0.3 is 0 Å². The van der Waals surface area contributed by atoms with Crippen molar-refractivity contribution in [2.45, 2.75) is 10.1 Å². The van der Waals surface area contributed by atoms with Crippen LogP contribution in [0.5, 0.6) is 0 Å². The van der Waals surface area contributed by atoms with E-state index in [2.05, 4.69) is 9.97 Å². The molecule has 0 saturated heterocycles. The maximum atomic E-state index is 6.01. The van der Waals surface area contributed by atoms with Crippen molar-refractivity contribution in [2.24, 2.45) is 0 Å². The van der Waals surface area contributed by atoms with Crippen molar-refractivity contribution in [3.05, 3.63) is 39.5 Å². The van der Waals surface area contributed by atoms with Gasteiger partial charge in [-0.05, 0) is 30.0 Å². The Balaban J connectivity index is 2.37. The molecule has 2 rings (SSSR count). The summed E-state index contributed by atoms with van der Waals surface area (Å²) in [6.07, 6.45) is 1.64. The van der Waals surface area contributed by atoms with Crippen LogP contribution >= 0.6 is 46.6 Å². The topological polar surface area (TPSA) is 51.8 Å². The summed E-state index contributed by atoms with van der Waals surface area (Å²) in [5.74, 6) is 0.227. The van der Waals surface area contributed by atoms with Gasteiger partial charge in [0.15, 0.2) is 0 Å². The van der Waals surface area contributed by atoms with Crippen molar-refractivity contribution in [3.63, 3.8) is 0 Å². The van der Waals surface area contributed by atoms with E-state index in [1.165, 1.54) is 11.8 Å². The van der Waals surface area contributed by atoms with Crippen LogP contribution in [0.3, 0.4) is 0 Å². The minimum absolute atomic E-state index is 0.227. The number of hydrogen-bond acceptors (Lipinski definition) is 4. The molecule has 3 nitrogen and oxygen atoms in total. The highest BCUT2D eigenvalue weighted by molar-refractivity contribution is 7.99. The number of halogens is 3. The Kier molecular flexibility index (Phi) is 3.99. The molecule has 2 N–H and O–H groups in total. The maximum absolute atomic E-state index is 6.01. The number of nitrogens with two attached hydrogens (primary N) is 1. The maximum Gasteiger partial charge on any atom is 0.143 e. The van der Waals surface area contributed by atoms with Crippen LogP contribution in [0.2, 0.25) is 15.1 Å². The molecule has 0 aliphatic heterocycles. The molecule has 17 heavy (non-hydrogen) atoms. The molecular formula is C10H6Cl3N3S. The van der Waals surface area contributed by atoms with Crippen molar-refractivity contribution in [1.82, 2.24) is 9.97 Å². The number of nitrogens with zero attached hydrogens (tertiary/aromatic N) is 2. The van der Waals surface area contributed by atoms with Gasteiger partial charge in [-0.2, -0.15) is 0 Å². The number of nitrogen functional groups attached to an aromatic ring is 1. The van der Waals surface area contributed by atoms with Gasteiger partial charge in [-0.15, -0.1) is 0 Å². The lowest BCUT2D eigenvalue weighted by atomic mass is 10.5. The quantitative estimate of drug-likeness (QED) is 0.904. The van der Waals surface area contributed by atoms with Gasteiger partial charge in [0.2, 0.25) is 0 Å². The van der Waals surface area contributed by atoms with Crippen LogP contribution in [0.15, 0.2) is 34.4 Å². The Morgan fingerprint density at radius 1 is 1.06 bits per heavy atom. The fourth-order valence-electron chi connectivity index (χ4n) is 1.07. The van der Waals surface area contributed by atoms with Gasteiger partial charge in [-0.3, -0.25) is 0 Å². The first-order chi connectivity index (χ1) is 8.08. The predicted octanol–water partition coefficient (Wildman–Crippen LogP) is 4.17. The fourth-order valence-corrected chi connectivity index (χ4v) is 2.55. The molecule has 0 atom stereocenters. The molecule has 2 aromatic heterocycles. The van der Waals surface area contributed by atoms with E-state index in [9.17, 15) is 0 Å². The zero-order valence-corrected chi connectivity index (χ0v) is 11.4. The van der Waals surface area contributed by atoms with Crippen LogP contribution in [0.1, 0.15) is 0 Å². The van der Waals surface area contributed by atoms with Crippen LogP contribution < -0.4 is 5.73 Å². The molecule has 0 saturated carbocycles. The zero-order valence-electron chi connectivity index (χ0n) is 8.32. The standard InChI is InChI=1S/C10H6Cl3N3S/c11-5-2-1-3-15-9(5)17-10-7(13)4-6(12)8(14)16-10/h1-4H,(H2,14,16). The van der Waals surface area contributed by atoms with E-state index in [4.69, 9.17) is 40.5 Å². The first-order valence-corrected chi connectivity index (χ1v) is 6.43. The van der Waals surface area contributed by atoms with Crippen LogP contribution in [-0.4, -0.2) is 9.97 Å². The molecule has 0 radical (unpaired) electrons. The second kappa shape index (κ2) is 5.31. The van der Waals surface area contributed by atoms with Gasteiger partial charge in [-0.1, -0.05) is 34.8 Å². The summed E-state index contributed by atoms with van der Waals surface area (Å²) in [6.45, 7) is 0. The van der Waals surface area contributed by atoms with Crippen molar-refractivity contribution >= 4 is 52.4 Å². The van der Waals surface area contributed by atoms with Crippen molar-refractivity contribution in [1.29, 1.82) is 0 Å². The first-order valence-electron chi connectivity index (χ1n) is 4.48. The molecule has 88 valence electrons. The number of aromatic nitrogens is 2. The minimum Gasteiger partial charge on any atom is -0.382 e. The van der Waals surface area contributed by atoms with Crippen LogP contribution in [0.4, 0.5) is 5.82 Å². The summed E-state index contributed by atoms with van der Waals surface area (Å²) < 4.78 is 0. The van der Waals surface area contributed by atoms with Gasteiger partial charge in [0, 0.05) is 6.20 Å². The van der Waals surface area contributed by atoms with Crippen LogP contribution in [0, 0.1) is 0 Å². The predicted molar refractivity (Wildman–Crippen MR) is 72.0 cm³/mol. The zero-order chi connectivity index (χ0) is 12.4. The van der Waals surface area contributed by atoms with Crippen molar-refractivity contribution in [3.8, 4) is 0 Å². The SMILES string of the molecule is Nc1nc(Sc2ncccc2Cl)c(Cl)cc1Cl. The fraction of sp³-hybridized carbons (Fsp3) is 0. The summed E-state index contributed by atoms with van der Waals surface area (Å²) in [5, 5.41) is 2.41.